The minimum Gasteiger partial charge on any atom is -0.497 e. The first-order chi connectivity index (χ1) is 10.0. The Hall–Kier alpha value is -2.01. The molecule has 1 aromatic heterocycles. The summed E-state index contributed by atoms with van der Waals surface area (Å²) in [6.45, 7) is 6.66. The molecule has 0 aliphatic rings. The molecule has 0 fully saturated rings. The van der Waals surface area contributed by atoms with Crippen LogP contribution in [0, 0.1) is 13.8 Å². The average molecular weight is 307 g/mol. The fourth-order valence-electron chi connectivity index (χ4n) is 1.94. The Morgan fingerprint density at radius 2 is 1.90 bits per heavy atom. The van der Waals surface area contributed by atoms with Crippen molar-refractivity contribution in [3.63, 3.8) is 0 Å². The van der Waals surface area contributed by atoms with E-state index in [1.165, 1.54) is 0 Å². The molecule has 0 saturated heterocycles. The Morgan fingerprint density at radius 1 is 1.19 bits per heavy atom. The Bertz CT molecular complexity index is 646. The molecule has 1 aromatic carbocycles. The molecule has 0 aliphatic carbocycles. The van der Waals surface area contributed by atoms with Crippen molar-refractivity contribution < 1.29 is 4.74 Å². The fraction of sp³-hybridized carbons (Fsp3) is 0.333. The quantitative estimate of drug-likeness (QED) is 0.876. The number of hydrogen-bond acceptors (Lipinski definition) is 5. The fourth-order valence-corrected chi connectivity index (χ4v) is 2.11. The Kier molecular flexibility index (Phi) is 4.85. The number of ether oxygens (including phenoxy) is 1. The average Bonchev–Trinajstić information content (AvgIpc) is 2.46. The highest BCUT2D eigenvalue weighted by Crippen LogP contribution is 2.31. The van der Waals surface area contributed by atoms with Crippen LogP contribution in [-0.4, -0.2) is 23.6 Å². The molecule has 0 aliphatic heterocycles. The first-order valence-electron chi connectivity index (χ1n) is 6.74. The SMILES string of the molecule is CCNc1nc(C)nc(Nc2cc(OC)ccc2Cl)c1C. The molecule has 21 heavy (non-hydrogen) atoms. The molecule has 1 heterocycles. The van der Waals surface area contributed by atoms with Crippen LogP contribution in [0.3, 0.4) is 0 Å². The lowest BCUT2D eigenvalue weighted by Crippen LogP contribution is -2.08. The highest BCUT2D eigenvalue weighted by molar-refractivity contribution is 6.33. The second-order valence-electron chi connectivity index (χ2n) is 4.59. The van der Waals surface area contributed by atoms with Crippen molar-refractivity contribution in [3.8, 4) is 5.75 Å². The zero-order valence-electron chi connectivity index (χ0n) is 12.6. The van der Waals surface area contributed by atoms with E-state index in [4.69, 9.17) is 16.3 Å². The van der Waals surface area contributed by atoms with Gasteiger partial charge in [0, 0.05) is 18.2 Å². The Balaban J connectivity index is 2.39. The molecule has 0 bridgehead atoms. The molecule has 0 spiro atoms. The van der Waals surface area contributed by atoms with Crippen molar-refractivity contribution in [2.75, 3.05) is 24.3 Å². The third-order valence-electron chi connectivity index (χ3n) is 3.03. The van der Waals surface area contributed by atoms with Gasteiger partial charge in [0.1, 0.15) is 23.2 Å². The first kappa shape index (κ1) is 15.4. The van der Waals surface area contributed by atoms with E-state index in [0.717, 1.165) is 35.2 Å². The van der Waals surface area contributed by atoms with Crippen LogP contribution in [-0.2, 0) is 0 Å². The van der Waals surface area contributed by atoms with E-state index in [0.29, 0.717) is 10.8 Å². The smallest absolute Gasteiger partial charge is 0.139 e. The number of benzene rings is 1. The molecule has 0 unspecified atom stereocenters. The molecule has 2 aromatic rings. The van der Waals surface area contributed by atoms with Gasteiger partial charge in [0.05, 0.1) is 17.8 Å². The van der Waals surface area contributed by atoms with Gasteiger partial charge in [-0.2, -0.15) is 0 Å². The molecule has 0 amide bonds. The van der Waals surface area contributed by atoms with Gasteiger partial charge >= 0.3 is 0 Å². The predicted octanol–water partition coefficient (Wildman–Crippen LogP) is 3.93. The van der Waals surface area contributed by atoms with Crippen LogP contribution >= 0.6 is 11.6 Å². The summed E-state index contributed by atoms with van der Waals surface area (Å²) in [4.78, 5) is 8.85. The van der Waals surface area contributed by atoms with Crippen molar-refractivity contribution in [3.05, 3.63) is 34.6 Å². The summed E-state index contributed by atoms with van der Waals surface area (Å²) in [5.41, 5.74) is 1.70. The standard InChI is InChI=1S/C15H19ClN4O/c1-5-17-14-9(2)15(19-10(3)18-14)20-13-8-11(21-4)6-7-12(13)16/h6-8H,5H2,1-4H3,(H2,17,18,19,20). The van der Waals surface area contributed by atoms with Crippen LogP contribution in [0.2, 0.25) is 5.02 Å². The summed E-state index contributed by atoms with van der Waals surface area (Å²) < 4.78 is 5.22. The molecular weight excluding hydrogens is 288 g/mol. The van der Waals surface area contributed by atoms with Crippen LogP contribution in [0.5, 0.6) is 5.75 Å². The highest BCUT2D eigenvalue weighted by atomic mass is 35.5. The maximum Gasteiger partial charge on any atom is 0.139 e. The normalized spacial score (nSPS) is 10.3. The van der Waals surface area contributed by atoms with Crippen molar-refractivity contribution in [2.24, 2.45) is 0 Å². The summed E-state index contributed by atoms with van der Waals surface area (Å²) in [5, 5.41) is 7.09. The largest absolute Gasteiger partial charge is 0.497 e. The van der Waals surface area contributed by atoms with E-state index in [9.17, 15) is 0 Å². The van der Waals surface area contributed by atoms with Gasteiger partial charge in [-0.15, -0.1) is 0 Å². The van der Waals surface area contributed by atoms with E-state index >= 15 is 0 Å². The van der Waals surface area contributed by atoms with Crippen LogP contribution < -0.4 is 15.4 Å². The van der Waals surface area contributed by atoms with Crippen molar-refractivity contribution >= 4 is 28.9 Å². The number of rotatable bonds is 5. The third kappa shape index (κ3) is 3.55. The summed E-state index contributed by atoms with van der Waals surface area (Å²) >= 11 is 6.22. The van der Waals surface area contributed by atoms with E-state index in [1.807, 2.05) is 32.9 Å². The molecule has 0 saturated carbocycles. The highest BCUT2D eigenvalue weighted by Gasteiger charge is 2.11. The van der Waals surface area contributed by atoms with Gasteiger partial charge in [-0.05, 0) is 32.9 Å². The van der Waals surface area contributed by atoms with Crippen molar-refractivity contribution in [1.82, 2.24) is 9.97 Å². The lowest BCUT2D eigenvalue weighted by atomic mass is 10.2. The molecular formula is C15H19ClN4O. The maximum absolute atomic E-state index is 6.22. The molecule has 112 valence electrons. The minimum absolute atomic E-state index is 0.608. The van der Waals surface area contributed by atoms with Crippen LogP contribution in [0.4, 0.5) is 17.3 Å². The lowest BCUT2D eigenvalue weighted by Gasteiger charge is -2.15. The second-order valence-corrected chi connectivity index (χ2v) is 5.00. The summed E-state index contributed by atoms with van der Waals surface area (Å²) in [7, 11) is 1.62. The van der Waals surface area contributed by atoms with Gasteiger partial charge < -0.3 is 15.4 Å². The molecule has 6 heteroatoms. The van der Waals surface area contributed by atoms with E-state index in [1.54, 1.807) is 13.2 Å². The zero-order valence-corrected chi connectivity index (χ0v) is 13.4. The van der Waals surface area contributed by atoms with E-state index < -0.39 is 0 Å². The minimum atomic E-state index is 0.608. The monoisotopic (exact) mass is 306 g/mol. The maximum atomic E-state index is 6.22. The summed E-state index contributed by atoms with van der Waals surface area (Å²) in [6, 6.07) is 5.44. The van der Waals surface area contributed by atoms with E-state index in [2.05, 4.69) is 20.6 Å². The summed E-state index contributed by atoms with van der Waals surface area (Å²) in [6.07, 6.45) is 0. The zero-order chi connectivity index (χ0) is 15.4. The third-order valence-corrected chi connectivity index (χ3v) is 3.36. The van der Waals surface area contributed by atoms with Crippen LogP contribution in [0.1, 0.15) is 18.3 Å². The van der Waals surface area contributed by atoms with Gasteiger partial charge in [0.2, 0.25) is 0 Å². The number of hydrogen-bond donors (Lipinski definition) is 2. The lowest BCUT2D eigenvalue weighted by molar-refractivity contribution is 0.415. The number of nitrogens with zero attached hydrogens (tertiary/aromatic N) is 2. The predicted molar refractivity (Wildman–Crippen MR) is 87.0 cm³/mol. The van der Waals surface area contributed by atoms with Gasteiger partial charge in [-0.1, -0.05) is 11.6 Å². The molecule has 0 radical (unpaired) electrons. The van der Waals surface area contributed by atoms with E-state index in [-0.39, 0.29) is 0 Å². The first-order valence-corrected chi connectivity index (χ1v) is 7.12. The molecule has 5 nitrogen and oxygen atoms in total. The number of anilines is 3. The molecule has 0 atom stereocenters. The van der Waals surface area contributed by atoms with Crippen LogP contribution in [0.15, 0.2) is 18.2 Å². The van der Waals surface area contributed by atoms with Gasteiger partial charge in [-0.25, -0.2) is 9.97 Å². The summed E-state index contributed by atoms with van der Waals surface area (Å²) in [5.74, 6) is 2.98. The van der Waals surface area contributed by atoms with Gasteiger partial charge in [0.25, 0.3) is 0 Å². The number of aromatic nitrogens is 2. The Labute approximate surface area is 129 Å². The van der Waals surface area contributed by atoms with Crippen LogP contribution in [0.25, 0.3) is 0 Å². The molecule has 2 rings (SSSR count). The number of methoxy groups -OCH3 is 1. The Morgan fingerprint density at radius 3 is 2.57 bits per heavy atom. The number of aryl methyl sites for hydroxylation is 1. The van der Waals surface area contributed by atoms with Gasteiger partial charge in [-0.3, -0.25) is 0 Å². The van der Waals surface area contributed by atoms with Crippen molar-refractivity contribution in [2.45, 2.75) is 20.8 Å². The molecule has 2 N–H and O–H groups in total. The topological polar surface area (TPSA) is 59.1 Å². The second kappa shape index (κ2) is 6.63. The van der Waals surface area contributed by atoms with Gasteiger partial charge in [0.15, 0.2) is 0 Å². The van der Waals surface area contributed by atoms with Crippen molar-refractivity contribution in [1.29, 1.82) is 0 Å². The number of nitrogens with one attached hydrogen (secondary N) is 2. The number of halogens is 1.